The molecule has 7 heteroatoms. The molecule has 1 saturated carbocycles. The Morgan fingerprint density at radius 3 is 2.48 bits per heavy atom. The maximum Gasteiger partial charge on any atom is 0.281 e. The third-order valence-electron chi connectivity index (χ3n) is 5.52. The molecule has 3 aromatic heterocycles. The first-order valence-electron chi connectivity index (χ1n) is 9.82. The number of oxazole rings is 1. The maximum atomic E-state index is 13.2. The molecule has 3 heterocycles. The van der Waals surface area contributed by atoms with E-state index in [1.54, 1.807) is 19.3 Å². The van der Waals surface area contributed by atoms with Gasteiger partial charge in [0.2, 0.25) is 0 Å². The van der Waals surface area contributed by atoms with Crippen LogP contribution in [0.5, 0.6) is 0 Å². The van der Waals surface area contributed by atoms with Crippen LogP contribution in [0.4, 0.5) is 0 Å². The second-order valence-corrected chi connectivity index (χ2v) is 8.47. The first kappa shape index (κ1) is 18.0. The zero-order valence-corrected chi connectivity index (χ0v) is 17.0. The van der Waals surface area contributed by atoms with Crippen molar-refractivity contribution < 1.29 is 4.42 Å². The van der Waals surface area contributed by atoms with Crippen LogP contribution in [0.3, 0.4) is 0 Å². The van der Waals surface area contributed by atoms with Crippen LogP contribution in [0.25, 0.3) is 33.1 Å². The summed E-state index contributed by atoms with van der Waals surface area (Å²) < 4.78 is 7.71. The first-order valence-corrected chi connectivity index (χ1v) is 9.82. The Morgan fingerprint density at radius 1 is 1.17 bits per heavy atom. The lowest BCUT2D eigenvalue weighted by Gasteiger charge is -2.18. The molecular formula is C22H23N5O2. The van der Waals surface area contributed by atoms with Gasteiger partial charge in [0, 0.05) is 36.3 Å². The van der Waals surface area contributed by atoms with Crippen molar-refractivity contribution >= 4 is 22.0 Å². The van der Waals surface area contributed by atoms with Gasteiger partial charge < -0.3 is 14.7 Å². The summed E-state index contributed by atoms with van der Waals surface area (Å²) in [6, 6.07) is 4.25. The summed E-state index contributed by atoms with van der Waals surface area (Å²) in [6.07, 6.45) is 5.60. The van der Waals surface area contributed by atoms with E-state index in [0.29, 0.717) is 22.8 Å². The molecule has 4 aromatic rings. The summed E-state index contributed by atoms with van der Waals surface area (Å²) in [7, 11) is 0. The van der Waals surface area contributed by atoms with Gasteiger partial charge in [0.25, 0.3) is 5.56 Å². The Kier molecular flexibility index (Phi) is 3.70. The van der Waals surface area contributed by atoms with Crippen LogP contribution in [0, 0.1) is 13.8 Å². The number of hydrogen-bond donors (Lipinski definition) is 1. The minimum absolute atomic E-state index is 0.0800. The van der Waals surface area contributed by atoms with Gasteiger partial charge in [-0.05, 0) is 50.8 Å². The lowest BCUT2D eigenvalue weighted by molar-refractivity contribution is 0.514. The maximum absolute atomic E-state index is 13.2. The topological polar surface area (TPSA) is 99.8 Å². The molecule has 29 heavy (non-hydrogen) atoms. The molecular weight excluding hydrogens is 366 g/mol. The average Bonchev–Trinajstić information content (AvgIpc) is 3.42. The fourth-order valence-corrected chi connectivity index (χ4v) is 3.96. The van der Waals surface area contributed by atoms with Crippen molar-refractivity contribution in [2.45, 2.75) is 52.1 Å². The van der Waals surface area contributed by atoms with Gasteiger partial charge >= 0.3 is 0 Å². The lowest BCUT2D eigenvalue weighted by Crippen LogP contribution is -2.31. The van der Waals surface area contributed by atoms with E-state index in [-0.39, 0.29) is 11.6 Å². The minimum atomic E-state index is -0.598. The Bertz CT molecular complexity index is 1320. The average molecular weight is 389 g/mol. The van der Waals surface area contributed by atoms with Crippen LogP contribution >= 0.6 is 0 Å². The number of nitrogens with two attached hydrogens (primary N) is 1. The molecule has 0 unspecified atom stereocenters. The van der Waals surface area contributed by atoms with E-state index in [1.165, 1.54) is 0 Å². The third-order valence-corrected chi connectivity index (χ3v) is 5.52. The standard InChI is InChI=1S/C22H23N5O2/c1-11-15(13-9-24-21(25-10-13)22(3,4)23)7-8-16-18(11)27(14-5-6-14)20(28)17-19(16)29-12(2)26-17/h7-10,14H,5-6,23H2,1-4H3. The van der Waals surface area contributed by atoms with E-state index < -0.39 is 5.54 Å². The SMILES string of the molecule is Cc1nc2c(=O)n(C3CC3)c3c(C)c(-c4cnc(C(C)(C)N)nc4)ccc3c2o1. The van der Waals surface area contributed by atoms with Crippen LogP contribution in [0.15, 0.2) is 33.7 Å². The number of hydrogen-bond acceptors (Lipinski definition) is 6. The van der Waals surface area contributed by atoms with Crippen molar-refractivity contribution in [2.24, 2.45) is 5.73 Å². The predicted molar refractivity (Wildman–Crippen MR) is 112 cm³/mol. The van der Waals surface area contributed by atoms with Gasteiger partial charge in [0.05, 0.1) is 11.1 Å². The van der Waals surface area contributed by atoms with Gasteiger partial charge in [-0.15, -0.1) is 0 Å². The number of rotatable bonds is 3. The van der Waals surface area contributed by atoms with E-state index >= 15 is 0 Å². The van der Waals surface area contributed by atoms with Gasteiger partial charge in [-0.1, -0.05) is 6.07 Å². The van der Waals surface area contributed by atoms with Crippen LogP contribution in [0.2, 0.25) is 0 Å². The molecule has 0 bridgehead atoms. The molecule has 2 N–H and O–H groups in total. The summed E-state index contributed by atoms with van der Waals surface area (Å²) in [5.41, 5.74) is 10.2. The van der Waals surface area contributed by atoms with Crippen LogP contribution in [-0.2, 0) is 5.54 Å². The molecule has 148 valence electrons. The number of aryl methyl sites for hydroxylation is 2. The molecule has 0 amide bonds. The third kappa shape index (κ3) is 2.76. The zero-order chi connectivity index (χ0) is 20.5. The second kappa shape index (κ2) is 5.97. The fourth-order valence-electron chi connectivity index (χ4n) is 3.96. The van der Waals surface area contributed by atoms with Crippen molar-refractivity contribution in [3.63, 3.8) is 0 Å². The summed E-state index contributed by atoms with van der Waals surface area (Å²) in [5.74, 6) is 1.09. The van der Waals surface area contributed by atoms with E-state index in [9.17, 15) is 4.79 Å². The molecule has 5 rings (SSSR count). The number of benzene rings is 1. The fraction of sp³-hybridized carbons (Fsp3) is 0.364. The van der Waals surface area contributed by atoms with Crippen molar-refractivity contribution in [1.29, 1.82) is 0 Å². The Hall–Kier alpha value is -3.06. The van der Waals surface area contributed by atoms with Gasteiger partial charge in [-0.25, -0.2) is 15.0 Å². The van der Waals surface area contributed by atoms with Crippen LogP contribution < -0.4 is 11.3 Å². The quantitative estimate of drug-likeness (QED) is 0.573. The van der Waals surface area contributed by atoms with Crippen molar-refractivity contribution in [2.75, 3.05) is 0 Å². The van der Waals surface area contributed by atoms with E-state index in [4.69, 9.17) is 10.2 Å². The van der Waals surface area contributed by atoms with E-state index in [0.717, 1.165) is 40.4 Å². The molecule has 1 aromatic carbocycles. The number of aromatic nitrogens is 4. The Morgan fingerprint density at radius 2 is 1.86 bits per heavy atom. The highest BCUT2D eigenvalue weighted by molar-refractivity contribution is 6.04. The molecule has 1 aliphatic carbocycles. The molecule has 0 aliphatic heterocycles. The van der Waals surface area contributed by atoms with E-state index in [1.807, 2.05) is 37.5 Å². The first-order chi connectivity index (χ1) is 13.8. The molecule has 0 atom stereocenters. The van der Waals surface area contributed by atoms with Gasteiger partial charge in [-0.2, -0.15) is 0 Å². The molecule has 0 radical (unpaired) electrons. The summed E-state index contributed by atoms with van der Waals surface area (Å²) in [5, 5.41) is 0.911. The highest BCUT2D eigenvalue weighted by Gasteiger charge is 2.30. The summed E-state index contributed by atoms with van der Waals surface area (Å²) in [4.78, 5) is 26.4. The smallest absolute Gasteiger partial charge is 0.281 e. The number of fused-ring (bicyclic) bond motifs is 3. The normalized spacial score (nSPS) is 14.8. The van der Waals surface area contributed by atoms with Gasteiger partial charge in [0.15, 0.2) is 17.0 Å². The number of pyridine rings is 1. The minimum Gasteiger partial charge on any atom is -0.440 e. The molecule has 0 saturated heterocycles. The van der Waals surface area contributed by atoms with Crippen LogP contribution in [-0.4, -0.2) is 19.5 Å². The lowest BCUT2D eigenvalue weighted by atomic mass is 9.98. The highest BCUT2D eigenvalue weighted by atomic mass is 16.3. The monoisotopic (exact) mass is 389 g/mol. The summed E-state index contributed by atoms with van der Waals surface area (Å²) in [6.45, 7) is 7.56. The van der Waals surface area contributed by atoms with Crippen molar-refractivity contribution in [1.82, 2.24) is 19.5 Å². The Balaban J connectivity index is 1.79. The van der Waals surface area contributed by atoms with Crippen molar-refractivity contribution in [3.05, 3.63) is 52.2 Å². The molecule has 0 spiro atoms. The van der Waals surface area contributed by atoms with Crippen LogP contribution in [0.1, 0.15) is 50.0 Å². The zero-order valence-electron chi connectivity index (χ0n) is 17.0. The number of nitrogens with zero attached hydrogens (tertiary/aromatic N) is 4. The molecule has 1 aliphatic rings. The Labute approximate surface area is 167 Å². The van der Waals surface area contributed by atoms with Crippen molar-refractivity contribution in [3.8, 4) is 11.1 Å². The molecule has 7 nitrogen and oxygen atoms in total. The largest absolute Gasteiger partial charge is 0.440 e. The summed E-state index contributed by atoms with van der Waals surface area (Å²) >= 11 is 0. The molecule has 1 fully saturated rings. The predicted octanol–water partition coefficient (Wildman–Crippen LogP) is 3.75. The van der Waals surface area contributed by atoms with Gasteiger partial charge in [-0.3, -0.25) is 4.79 Å². The highest BCUT2D eigenvalue weighted by Crippen LogP contribution is 2.40. The second-order valence-electron chi connectivity index (χ2n) is 8.47. The van der Waals surface area contributed by atoms with Gasteiger partial charge in [0.1, 0.15) is 5.82 Å². The van der Waals surface area contributed by atoms with E-state index in [2.05, 4.69) is 15.0 Å².